The summed E-state index contributed by atoms with van der Waals surface area (Å²) in [4.78, 5) is 14.7. The fourth-order valence-electron chi connectivity index (χ4n) is 3.04. The molecule has 1 atom stereocenters. The van der Waals surface area contributed by atoms with Gasteiger partial charge in [-0.2, -0.15) is 5.10 Å². The van der Waals surface area contributed by atoms with Gasteiger partial charge in [0.25, 0.3) is 5.91 Å². The molecule has 3 rings (SSSR count). The molecule has 1 aliphatic heterocycles. The van der Waals surface area contributed by atoms with Crippen LogP contribution in [0.4, 0.5) is 0 Å². The van der Waals surface area contributed by atoms with Gasteiger partial charge in [0.1, 0.15) is 5.69 Å². The third-order valence-electron chi connectivity index (χ3n) is 4.13. The summed E-state index contributed by atoms with van der Waals surface area (Å²) in [5.74, 6) is 0.0660. The van der Waals surface area contributed by atoms with Crippen LogP contribution in [-0.2, 0) is 13.5 Å². The molecule has 0 radical (unpaired) electrons. The normalized spacial score (nSPS) is 18.7. The van der Waals surface area contributed by atoms with E-state index in [1.165, 1.54) is 12.0 Å². The molecule has 21 heavy (non-hydrogen) atoms. The monoisotopic (exact) mass is 283 g/mol. The first-order chi connectivity index (χ1) is 10.2. The van der Waals surface area contributed by atoms with Gasteiger partial charge in [-0.3, -0.25) is 9.48 Å². The molecule has 110 valence electrons. The maximum Gasteiger partial charge on any atom is 0.274 e. The number of rotatable bonds is 3. The molecular formula is C17H21N3O. The van der Waals surface area contributed by atoms with Gasteiger partial charge in [-0.05, 0) is 37.3 Å². The molecule has 0 aliphatic carbocycles. The molecular weight excluding hydrogens is 262 g/mol. The summed E-state index contributed by atoms with van der Waals surface area (Å²) in [6.45, 7) is 0.840. The molecule has 4 nitrogen and oxygen atoms in total. The quantitative estimate of drug-likeness (QED) is 0.868. The Kier molecular flexibility index (Phi) is 4.04. The molecule has 1 aromatic carbocycles. The van der Waals surface area contributed by atoms with Crippen molar-refractivity contribution in [2.45, 2.75) is 31.7 Å². The number of hydrogen-bond acceptors (Lipinski definition) is 2. The van der Waals surface area contributed by atoms with Crippen LogP contribution >= 0.6 is 0 Å². The van der Waals surface area contributed by atoms with Gasteiger partial charge in [0.15, 0.2) is 0 Å². The molecule has 1 aromatic heterocycles. The van der Waals surface area contributed by atoms with Crippen LogP contribution in [0.1, 0.15) is 35.3 Å². The maximum atomic E-state index is 12.7. The van der Waals surface area contributed by atoms with Crippen LogP contribution in [-0.4, -0.2) is 33.2 Å². The molecule has 1 amide bonds. The molecule has 0 N–H and O–H groups in total. The number of piperidine rings is 1. The second-order valence-electron chi connectivity index (χ2n) is 5.71. The molecule has 0 spiro atoms. The van der Waals surface area contributed by atoms with E-state index in [1.54, 1.807) is 10.7 Å². The van der Waals surface area contributed by atoms with Crippen LogP contribution in [0, 0.1) is 0 Å². The first kappa shape index (κ1) is 13.9. The molecule has 1 saturated heterocycles. The van der Waals surface area contributed by atoms with E-state index in [2.05, 4.69) is 29.4 Å². The van der Waals surface area contributed by atoms with Crippen molar-refractivity contribution < 1.29 is 4.79 Å². The van der Waals surface area contributed by atoms with E-state index in [4.69, 9.17) is 0 Å². The fourth-order valence-corrected chi connectivity index (χ4v) is 3.04. The highest BCUT2D eigenvalue weighted by Gasteiger charge is 2.28. The highest BCUT2D eigenvalue weighted by atomic mass is 16.2. The number of carbonyl (C=O) groups excluding carboxylic acids is 1. The minimum atomic E-state index is 0.0660. The van der Waals surface area contributed by atoms with Crippen LogP contribution in [0.25, 0.3) is 0 Å². The number of amides is 1. The highest BCUT2D eigenvalue weighted by molar-refractivity contribution is 5.92. The van der Waals surface area contributed by atoms with Gasteiger partial charge in [-0.25, -0.2) is 0 Å². The number of carbonyl (C=O) groups is 1. The van der Waals surface area contributed by atoms with Crippen molar-refractivity contribution in [3.05, 3.63) is 53.9 Å². The highest BCUT2D eigenvalue weighted by Crippen LogP contribution is 2.22. The number of aromatic nitrogens is 2. The second kappa shape index (κ2) is 6.12. The van der Waals surface area contributed by atoms with Crippen molar-refractivity contribution in [3.63, 3.8) is 0 Å². The average molecular weight is 283 g/mol. The molecule has 2 heterocycles. The van der Waals surface area contributed by atoms with Gasteiger partial charge < -0.3 is 4.90 Å². The van der Waals surface area contributed by atoms with Crippen molar-refractivity contribution in [2.75, 3.05) is 6.54 Å². The van der Waals surface area contributed by atoms with E-state index in [1.807, 2.05) is 24.2 Å². The smallest absolute Gasteiger partial charge is 0.274 e. The van der Waals surface area contributed by atoms with Crippen molar-refractivity contribution in [1.29, 1.82) is 0 Å². The molecule has 2 aromatic rings. The number of benzene rings is 1. The van der Waals surface area contributed by atoms with Crippen LogP contribution in [0.15, 0.2) is 42.6 Å². The van der Waals surface area contributed by atoms with Gasteiger partial charge in [0, 0.05) is 25.8 Å². The predicted molar refractivity (Wildman–Crippen MR) is 82.0 cm³/mol. The number of hydrogen-bond donors (Lipinski definition) is 0. The average Bonchev–Trinajstić information content (AvgIpc) is 2.95. The van der Waals surface area contributed by atoms with E-state index in [0.717, 1.165) is 25.8 Å². The zero-order chi connectivity index (χ0) is 14.7. The summed E-state index contributed by atoms with van der Waals surface area (Å²) < 4.78 is 1.68. The number of nitrogens with zero attached hydrogens (tertiary/aromatic N) is 3. The van der Waals surface area contributed by atoms with E-state index in [0.29, 0.717) is 5.69 Å². The Morgan fingerprint density at radius 1 is 1.24 bits per heavy atom. The topological polar surface area (TPSA) is 38.1 Å². The summed E-state index contributed by atoms with van der Waals surface area (Å²) >= 11 is 0. The van der Waals surface area contributed by atoms with Gasteiger partial charge in [0.2, 0.25) is 0 Å². The summed E-state index contributed by atoms with van der Waals surface area (Å²) in [6.07, 6.45) is 6.11. The van der Waals surface area contributed by atoms with Crippen LogP contribution in [0.2, 0.25) is 0 Å². The van der Waals surface area contributed by atoms with Gasteiger partial charge in [0.05, 0.1) is 0 Å². The second-order valence-corrected chi connectivity index (χ2v) is 5.71. The van der Waals surface area contributed by atoms with Gasteiger partial charge in [-0.15, -0.1) is 0 Å². The Balaban J connectivity index is 1.76. The van der Waals surface area contributed by atoms with Gasteiger partial charge in [-0.1, -0.05) is 30.3 Å². The number of aryl methyl sites for hydroxylation is 1. The summed E-state index contributed by atoms with van der Waals surface area (Å²) in [5, 5.41) is 4.25. The van der Waals surface area contributed by atoms with Crippen molar-refractivity contribution in [2.24, 2.45) is 7.05 Å². The first-order valence-electron chi connectivity index (χ1n) is 7.58. The molecule has 1 aliphatic rings. The van der Waals surface area contributed by atoms with Crippen LogP contribution < -0.4 is 0 Å². The minimum Gasteiger partial charge on any atom is -0.334 e. The van der Waals surface area contributed by atoms with E-state index in [-0.39, 0.29) is 11.9 Å². The van der Waals surface area contributed by atoms with Crippen LogP contribution in [0.3, 0.4) is 0 Å². The zero-order valence-electron chi connectivity index (χ0n) is 12.4. The van der Waals surface area contributed by atoms with E-state index in [9.17, 15) is 4.79 Å². The third-order valence-corrected chi connectivity index (χ3v) is 4.13. The molecule has 4 heteroatoms. The lowest BCUT2D eigenvalue weighted by Crippen LogP contribution is -2.45. The summed E-state index contributed by atoms with van der Waals surface area (Å²) in [5.41, 5.74) is 1.85. The minimum absolute atomic E-state index is 0.0660. The Bertz CT molecular complexity index is 606. The zero-order valence-corrected chi connectivity index (χ0v) is 12.4. The lowest BCUT2D eigenvalue weighted by molar-refractivity contribution is 0.0606. The summed E-state index contributed by atoms with van der Waals surface area (Å²) in [6, 6.07) is 12.5. The Morgan fingerprint density at radius 3 is 2.76 bits per heavy atom. The van der Waals surface area contributed by atoms with E-state index >= 15 is 0 Å². The largest absolute Gasteiger partial charge is 0.334 e. The SMILES string of the molecule is Cn1ccc(C(=O)N2CCCC[C@@H]2Cc2ccccc2)n1. The van der Waals surface area contributed by atoms with E-state index < -0.39 is 0 Å². The Morgan fingerprint density at radius 2 is 2.05 bits per heavy atom. The Labute approximate surface area is 125 Å². The Hall–Kier alpha value is -2.10. The molecule has 1 fully saturated rings. The number of likely N-dealkylation sites (tertiary alicyclic amines) is 1. The van der Waals surface area contributed by atoms with Crippen molar-refractivity contribution in [3.8, 4) is 0 Å². The molecule has 0 saturated carbocycles. The first-order valence-corrected chi connectivity index (χ1v) is 7.58. The standard InChI is InChI=1S/C17H21N3O/c1-19-12-10-16(18-19)17(21)20-11-6-5-9-15(20)13-14-7-3-2-4-8-14/h2-4,7-8,10,12,15H,5-6,9,11,13H2,1H3/t15-/m1/s1. The summed E-state index contributed by atoms with van der Waals surface area (Å²) in [7, 11) is 1.84. The lowest BCUT2D eigenvalue weighted by atomic mass is 9.95. The van der Waals surface area contributed by atoms with Gasteiger partial charge >= 0.3 is 0 Å². The van der Waals surface area contributed by atoms with Crippen LogP contribution in [0.5, 0.6) is 0 Å². The lowest BCUT2D eigenvalue weighted by Gasteiger charge is -2.35. The third kappa shape index (κ3) is 3.15. The fraction of sp³-hybridized carbons (Fsp3) is 0.412. The molecule has 0 unspecified atom stereocenters. The predicted octanol–water partition coefficient (Wildman–Crippen LogP) is 2.66. The van der Waals surface area contributed by atoms with Crippen molar-refractivity contribution >= 4 is 5.91 Å². The van der Waals surface area contributed by atoms with Crippen molar-refractivity contribution in [1.82, 2.24) is 14.7 Å². The maximum absolute atomic E-state index is 12.7. The molecule has 0 bridgehead atoms.